The molecule has 126 valence electrons. The highest BCUT2D eigenvalue weighted by molar-refractivity contribution is 9.10. The summed E-state index contributed by atoms with van der Waals surface area (Å²) < 4.78 is 5.96. The lowest BCUT2D eigenvalue weighted by Gasteiger charge is -2.12. The maximum absolute atomic E-state index is 12.6. The summed E-state index contributed by atoms with van der Waals surface area (Å²) in [4.78, 5) is 16.9. The number of nitrogens with zero attached hydrogens (tertiary/aromatic N) is 1. The van der Waals surface area contributed by atoms with Gasteiger partial charge in [-0.25, -0.2) is 4.98 Å². The Balaban J connectivity index is 1.82. The molecule has 0 unspecified atom stereocenters. The number of nitrogens with one attached hydrogen (secondary N) is 2. The van der Waals surface area contributed by atoms with Gasteiger partial charge in [-0.05, 0) is 64.5 Å². The predicted molar refractivity (Wildman–Crippen MR) is 103 cm³/mol. The fourth-order valence-corrected chi connectivity index (χ4v) is 2.64. The summed E-state index contributed by atoms with van der Waals surface area (Å²) in [5.41, 5.74) is 1.97. The topological polar surface area (TPSA) is 63.2 Å². The molecule has 0 saturated carbocycles. The normalized spacial score (nSPS) is 10.2. The number of methoxy groups -OCH3 is 1. The van der Waals surface area contributed by atoms with Gasteiger partial charge in [0.2, 0.25) is 0 Å². The number of aromatic nitrogens is 1. The second-order valence-corrected chi connectivity index (χ2v) is 6.04. The number of halogens is 1. The first-order chi connectivity index (χ1) is 12.2. The number of pyridine rings is 1. The molecule has 0 spiro atoms. The molecule has 0 fully saturated rings. The van der Waals surface area contributed by atoms with Gasteiger partial charge in [0, 0.05) is 16.4 Å². The van der Waals surface area contributed by atoms with Gasteiger partial charge in [0.05, 0.1) is 18.4 Å². The van der Waals surface area contributed by atoms with E-state index in [1.165, 1.54) is 0 Å². The maximum atomic E-state index is 12.6. The molecule has 0 aliphatic carbocycles. The van der Waals surface area contributed by atoms with Crippen LogP contribution in [0.3, 0.4) is 0 Å². The molecule has 1 heterocycles. The number of rotatable bonds is 5. The number of hydrogen-bond donors (Lipinski definition) is 2. The molecule has 6 heteroatoms. The average molecular weight is 398 g/mol. The Hall–Kier alpha value is -2.86. The van der Waals surface area contributed by atoms with E-state index >= 15 is 0 Å². The van der Waals surface area contributed by atoms with E-state index in [4.69, 9.17) is 4.74 Å². The minimum atomic E-state index is -0.240. The molecule has 3 rings (SSSR count). The summed E-state index contributed by atoms with van der Waals surface area (Å²) >= 11 is 3.43. The van der Waals surface area contributed by atoms with E-state index < -0.39 is 0 Å². The van der Waals surface area contributed by atoms with Crippen molar-refractivity contribution in [2.24, 2.45) is 0 Å². The van der Waals surface area contributed by atoms with Crippen LogP contribution in [-0.4, -0.2) is 18.0 Å². The lowest BCUT2D eigenvalue weighted by molar-refractivity contribution is 0.102. The Morgan fingerprint density at radius 3 is 2.52 bits per heavy atom. The van der Waals surface area contributed by atoms with Crippen LogP contribution in [0.2, 0.25) is 0 Å². The number of carbonyl (C=O) groups excluding carboxylic acids is 1. The SMILES string of the molecule is COc1ccc(Nc2ncccc2C(=O)Nc2ccccc2Br)cc1. The third-order valence-corrected chi connectivity index (χ3v) is 4.22. The quantitative estimate of drug-likeness (QED) is 0.645. The highest BCUT2D eigenvalue weighted by Gasteiger charge is 2.14. The van der Waals surface area contributed by atoms with E-state index in [1.54, 1.807) is 25.4 Å². The summed E-state index contributed by atoms with van der Waals surface area (Å²) in [6.07, 6.45) is 1.64. The van der Waals surface area contributed by atoms with Gasteiger partial charge in [0.25, 0.3) is 5.91 Å². The Labute approximate surface area is 154 Å². The van der Waals surface area contributed by atoms with Crippen molar-refractivity contribution >= 4 is 39.0 Å². The second-order valence-electron chi connectivity index (χ2n) is 5.19. The number of benzene rings is 2. The molecular formula is C19H16BrN3O2. The zero-order valence-electron chi connectivity index (χ0n) is 13.5. The van der Waals surface area contributed by atoms with Crippen LogP contribution in [0.5, 0.6) is 5.75 Å². The van der Waals surface area contributed by atoms with Crippen molar-refractivity contribution < 1.29 is 9.53 Å². The number of hydrogen-bond acceptors (Lipinski definition) is 4. The van der Waals surface area contributed by atoms with Crippen LogP contribution in [0.15, 0.2) is 71.3 Å². The highest BCUT2D eigenvalue weighted by atomic mass is 79.9. The van der Waals surface area contributed by atoms with Crippen LogP contribution in [-0.2, 0) is 0 Å². The summed E-state index contributed by atoms with van der Waals surface area (Å²) in [7, 11) is 1.62. The van der Waals surface area contributed by atoms with E-state index in [0.29, 0.717) is 17.1 Å². The largest absolute Gasteiger partial charge is 0.497 e. The van der Waals surface area contributed by atoms with Gasteiger partial charge in [-0.3, -0.25) is 4.79 Å². The Kier molecular flexibility index (Phi) is 5.30. The van der Waals surface area contributed by atoms with Crippen LogP contribution in [0.1, 0.15) is 10.4 Å². The van der Waals surface area contributed by atoms with Crippen molar-refractivity contribution in [3.05, 3.63) is 76.9 Å². The molecule has 5 nitrogen and oxygen atoms in total. The van der Waals surface area contributed by atoms with E-state index in [9.17, 15) is 4.79 Å². The molecule has 0 aliphatic heterocycles. The van der Waals surface area contributed by atoms with Crippen molar-refractivity contribution in [2.75, 3.05) is 17.7 Å². The number of carbonyl (C=O) groups is 1. The van der Waals surface area contributed by atoms with Gasteiger partial charge >= 0.3 is 0 Å². The van der Waals surface area contributed by atoms with Crippen molar-refractivity contribution in [1.29, 1.82) is 0 Å². The van der Waals surface area contributed by atoms with Gasteiger partial charge < -0.3 is 15.4 Å². The first-order valence-electron chi connectivity index (χ1n) is 7.59. The smallest absolute Gasteiger partial charge is 0.259 e. The van der Waals surface area contributed by atoms with Crippen LogP contribution in [0.25, 0.3) is 0 Å². The minimum absolute atomic E-state index is 0.240. The van der Waals surface area contributed by atoms with E-state index in [-0.39, 0.29) is 5.91 Å². The number of para-hydroxylation sites is 1. The molecule has 3 aromatic rings. The Bertz CT molecular complexity index is 882. The van der Waals surface area contributed by atoms with Crippen molar-refractivity contribution in [3.63, 3.8) is 0 Å². The number of amides is 1. The Morgan fingerprint density at radius 2 is 1.80 bits per heavy atom. The molecule has 1 aromatic heterocycles. The first-order valence-corrected chi connectivity index (χ1v) is 8.38. The number of anilines is 3. The van der Waals surface area contributed by atoms with Gasteiger partial charge in [-0.1, -0.05) is 12.1 Å². The minimum Gasteiger partial charge on any atom is -0.497 e. The predicted octanol–water partition coefficient (Wildman–Crippen LogP) is 4.85. The summed E-state index contributed by atoms with van der Waals surface area (Å²) in [6, 6.07) is 18.3. The van der Waals surface area contributed by atoms with Crippen molar-refractivity contribution in [3.8, 4) is 5.75 Å². The van der Waals surface area contributed by atoms with E-state index in [0.717, 1.165) is 15.9 Å². The first kappa shape index (κ1) is 17.0. The molecule has 0 bridgehead atoms. The van der Waals surface area contributed by atoms with Gasteiger partial charge in [-0.15, -0.1) is 0 Å². The third kappa shape index (κ3) is 4.16. The molecule has 25 heavy (non-hydrogen) atoms. The van der Waals surface area contributed by atoms with Gasteiger partial charge in [0.1, 0.15) is 11.6 Å². The molecule has 2 aromatic carbocycles. The second kappa shape index (κ2) is 7.81. The lowest BCUT2D eigenvalue weighted by atomic mass is 10.2. The van der Waals surface area contributed by atoms with Crippen LogP contribution < -0.4 is 15.4 Å². The summed E-state index contributed by atoms with van der Waals surface area (Å²) in [6.45, 7) is 0. The van der Waals surface area contributed by atoms with Crippen LogP contribution in [0.4, 0.5) is 17.2 Å². The fraction of sp³-hybridized carbons (Fsp3) is 0.0526. The third-order valence-electron chi connectivity index (χ3n) is 3.53. The molecule has 0 aliphatic rings. The molecule has 0 radical (unpaired) electrons. The number of ether oxygens (including phenoxy) is 1. The Morgan fingerprint density at radius 1 is 1.04 bits per heavy atom. The molecule has 0 atom stereocenters. The van der Waals surface area contributed by atoms with Crippen molar-refractivity contribution in [1.82, 2.24) is 4.98 Å². The van der Waals surface area contributed by atoms with Crippen LogP contribution >= 0.6 is 15.9 Å². The van der Waals surface area contributed by atoms with Crippen LogP contribution in [0, 0.1) is 0 Å². The zero-order chi connectivity index (χ0) is 17.6. The monoisotopic (exact) mass is 397 g/mol. The zero-order valence-corrected chi connectivity index (χ0v) is 15.1. The standard InChI is InChI=1S/C19H16BrN3O2/c1-25-14-10-8-13(9-11-14)22-18-15(5-4-12-21-18)19(24)23-17-7-3-2-6-16(17)20/h2-12H,1H3,(H,21,22)(H,23,24). The maximum Gasteiger partial charge on any atom is 0.259 e. The van der Waals surface area contributed by atoms with E-state index in [2.05, 4.69) is 31.5 Å². The van der Waals surface area contributed by atoms with Crippen molar-refractivity contribution in [2.45, 2.75) is 0 Å². The molecular weight excluding hydrogens is 382 g/mol. The summed E-state index contributed by atoms with van der Waals surface area (Å²) in [5, 5.41) is 6.05. The fourth-order valence-electron chi connectivity index (χ4n) is 2.25. The van der Waals surface area contributed by atoms with Gasteiger partial charge in [0.15, 0.2) is 0 Å². The lowest BCUT2D eigenvalue weighted by Crippen LogP contribution is -2.15. The van der Waals surface area contributed by atoms with Gasteiger partial charge in [-0.2, -0.15) is 0 Å². The average Bonchev–Trinajstić information content (AvgIpc) is 2.64. The molecule has 1 amide bonds. The molecule has 2 N–H and O–H groups in total. The highest BCUT2D eigenvalue weighted by Crippen LogP contribution is 2.24. The molecule has 0 saturated heterocycles. The summed E-state index contributed by atoms with van der Waals surface area (Å²) in [5.74, 6) is 1.01. The van der Waals surface area contributed by atoms with E-state index in [1.807, 2.05) is 48.5 Å².